The van der Waals surface area contributed by atoms with Gasteiger partial charge in [-0.25, -0.2) is 4.79 Å². The normalized spacial score (nSPS) is 11.5. The van der Waals surface area contributed by atoms with Gasteiger partial charge in [-0.1, -0.05) is 30.3 Å². The smallest absolute Gasteiger partial charge is 0.346 e. The Kier molecular flexibility index (Phi) is 3.64. The first-order valence-corrected chi connectivity index (χ1v) is 4.52. The quantitative estimate of drug-likeness (QED) is 0.602. The van der Waals surface area contributed by atoms with Crippen molar-refractivity contribution in [1.29, 1.82) is 5.26 Å². The number of carboxylic acids is 1. The summed E-state index contributed by atoms with van der Waals surface area (Å²) >= 11 is 0. The Balaban J connectivity index is 2.92. The van der Waals surface area contributed by atoms with Gasteiger partial charge in [0, 0.05) is 0 Å². The van der Waals surface area contributed by atoms with Gasteiger partial charge in [0.25, 0.3) is 0 Å². The molecule has 0 fully saturated rings. The molecular weight excluding hydrogens is 190 g/mol. The number of hydrogen-bond acceptors (Lipinski definition) is 2. The molecule has 1 aromatic rings. The molecule has 0 heterocycles. The summed E-state index contributed by atoms with van der Waals surface area (Å²) in [5.74, 6) is -1.16. The monoisotopic (exact) mass is 201 g/mol. The Morgan fingerprint density at radius 1 is 1.40 bits per heavy atom. The Morgan fingerprint density at radius 3 is 2.47 bits per heavy atom. The summed E-state index contributed by atoms with van der Waals surface area (Å²) in [4.78, 5) is 10.7. The van der Waals surface area contributed by atoms with Gasteiger partial charge in [0.15, 0.2) is 0 Å². The van der Waals surface area contributed by atoms with E-state index in [9.17, 15) is 4.79 Å². The number of carbonyl (C=O) groups is 1. The zero-order valence-electron chi connectivity index (χ0n) is 8.40. The molecule has 3 nitrogen and oxygen atoms in total. The lowest BCUT2D eigenvalue weighted by molar-refractivity contribution is -0.132. The highest BCUT2D eigenvalue weighted by Crippen LogP contribution is 2.11. The molecule has 0 radical (unpaired) electrons. The predicted molar refractivity (Wildman–Crippen MR) is 56.1 cm³/mol. The van der Waals surface area contributed by atoms with Crippen LogP contribution in [-0.2, 0) is 11.2 Å². The van der Waals surface area contributed by atoms with Crippen LogP contribution < -0.4 is 0 Å². The molecule has 1 rings (SSSR count). The van der Waals surface area contributed by atoms with E-state index in [1.807, 2.05) is 30.3 Å². The Bertz CT molecular complexity index is 427. The van der Waals surface area contributed by atoms with Gasteiger partial charge < -0.3 is 5.11 Å². The number of carboxylic acid groups (broad SMARTS) is 1. The van der Waals surface area contributed by atoms with E-state index in [0.29, 0.717) is 12.0 Å². The zero-order valence-corrected chi connectivity index (χ0v) is 8.40. The summed E-state index contributed by atoms with van der Waals surface area (Å²) in [6.07, 6.45) is 0.496. The maximum absolute atomic E-state index is 10.7. The first kappa shape index (κ1) is 11.0. The van der Waals surface area contributed by atoms with Crippen LogP contribution in [0.2, 0.25) is 0 Å². The van der Waals surface area contributed by atoms with Crippen molar-refractivity contribution in [2.24, 2.45) is 0 Å². The summed E-state index contributed by atoms with van der Waals surface area (Å²) in [6, 6.07) is 11.2. The van der Waals surface area contributed by atoms with Gasteiger partial charge in [-0.2, -0.15) is 5.26 Å². The van der Waals surface area contributed by atoms with Crippen LogP contribution >= 0.6 is 0 Å². The van der Waals surface area contributed by atoms with Gasteiger partial charge in [0.05, 0.1) is 0 Å². The molecule has 15 heavy (non-hydrogen) atoms. The summed E-state index contributed by atoms with van der Waals surface area (Å²) in [5.41, 5.74) is 1.42. The number of rotatable bonds is 3. The van der Waals surface area contributed by atoms with Gasteiger partial charge in [-0.15, -0.1) is 0 Å². The summed E-state index contributed by atoms with van der Waals surface area (Å²) in [6.45, 7) is 1.67. The highest BCUT2D eigenvalue weighted by molar-refractivity contribution is 5.91. The van der Waals surface area contributed by atoms with E-state index in [2.05, 4.69) is 0 Å². The second kappa shape index (κ2) is 4.97. The molecule has 0 aliphatic rings. The van der Waals surface area contributed by atoms with Crippen LogP contribution in [0.4, 0.5) is 0 Å². The molecule has 0 bridgehead atoms. The topological polar surface area (TPSA) is 61.1 Å². The molecule has 0 atom stereocenters. The van der Waals surface area contributed by atoms with Crippen molar-refractivity contribution in [2.45, 2.75) is 13.3 Å². The molecule has 3 heteroatoms. The van der Waals surface area contributed by atoms with Crippen molar-refractivity contribution in [3.8, 4) is 6.07 Å². The lowest BCUT2D eigenvalue weighted by Gasteiger charge is -2.02. The van der Waals surface area contributed by atoms with Crippen molar-refractivity contribution in [1.82, 2.24) is 0 Å². The molecule has 0 saturated heterocycles. The lowest BCUT2D eigenvalue weighted by Crippen LogP contribution is -2.02. The molecule has 0 aliphatic carbocycles. The number of aliphatic carboxylic acids is 1. The minimum atomic E-state index is -1.16. The van der Waals surface area contributed by atoms with Crippen molar-refractivity contribution < 1.29 is 9.90 Å². The van der Waals surface area contributed by atoms with E-state index in [4.69, 9.17) is 10.4 Å². The van der Waals surface area contributed by atoms with Crippen LogP contribution in [0, 0.1) is 11.3 Å². The van der Waals surface area contributed by atoms with Crippen LogP contribution in [0.3, 0.4) is 0 Å². The minimum Gasteiger partial charge on any atom is -0.477 e. The summed E-state index contributed by atoms with van der Waals surface area (Å²) in [7, 11) is 0. The molecule has 0 aromatic heterocycles. The second-order valence-electron chi connectivity index (χ2n) is 3.23. The molecule has 0 amide bonds. The summed E-state index contributed by atoms with van der Waals surface area (Å²) < 4.78 is 0. The largest absolute Gasteiger partial charge is 0.477 e. The number of nitrogens with zero attached hydrogens (tertiary/aromatic N) is 1. The zero-order chi connectivity index (χ0) is 11.3. The molecule has 1 aromatic carbocycles. The first-order valence-electron chi connectivity index (χ1n) is 4.52. The van der Waals surface area contributed by atoms with Gasteiger partial charge in [-0.3, -0.25) is 0 Å². The van der Waals surface area contributed by atoms with E-state index in [1.54, 1.807) is 13.0 Å². The van der Waals surface area contributed by atoms with Crippen molar-refractivity contribution in [3.05, 3.63) is 47.0 Å². The van der Waals surface area contributed by atoms with E-state index in [1.165, 1.54) is 0 Å². The number of benzene rings is 1. The van der Waals surface area contributed by atoms with Crippen LogP contribution in [-0.4, -0.2) is 11.1 Å². The van der Waals surface area contributed by atoms with Gasteiger partial charge in [0.2, 0.25) is 0 Å². The van der Waals surface area contributed by atoms with Gasteiger partial charge in [-0.05, 0) is 24.5 Å². The highest BCUT2D eigenvalue weighted by atomic mass is 16.4. The fourth-order valence-corrected chi connectivity index (χ4v) is 1.32. The average Bonchev–Trinajstić information content (AvgIpc) is 2.19. The maximum Gasteiger partial charge on any atom is 0.346 e. The van der Waals surface area contributed by atoms with E-state index in [0.717, 1.165) is 5.56 Å². The van der Waals surface area contributed by atoms with Crippen LogP contribution in [0.15, 0.2) is 41.5 Å². The average molecular weight is 201 g/mol. The minimum absolute atomic E-state index is 0.168. The first-order chi connectivity index (χ1) is 7.15. The van der Waals surface area contributed by atoms with E-state index >= 15 is 0 Å². The predicted octanol–water partition coefficient (Wildman–Crippen LogP) is 2.15. The third-order valence-electron chi connectivity index (χ3n) is 2.06. The molecule has 0 unspecified atom stereocenters. The van der Waals surface area contributed by atoms with Crippen LogP contribution in [0.25, 0.3) is 0 Å². The third kappa shape index (κ3) is 2.96. The SMILES string of the molecule is C/C(Cc1ccccc1)=C(\C#N)C(=O)O. The van der Waals surface area contributed by atoms with Gasteiger partial charge >= 0.3 is 5.97 Å². The molecule has 0 spiro atoms. The van der Waals surface area contributed by atoms with Crippen molar-refractivity contribution in [3.63, 3.8) is 0 Å². The fourth-order valence-electron chi connectivity index (χ4n) is 1.32. The van der Waals surface area contributed by atoms with Crippen molar-refractivity contribution >= 4 is 5.97 Å². The van der Waals surface area contributed by atoms with Crippen LogP contribution in [0.5, 0.6) is 0 Å². The molecule has 0 aliphatic heterocycles. The Hall–Kier alpha value is -2.08. The Labute approximate surface area is 88.3 Å². The van der Waals surface area contributed by atoms with Crippen LogP contribution in [0.1, 0.15) is 12.5 Å². The van der Waals surface area contributed by atoms with E-state index in [-0.39, 0.29) is 5.57 Å². The molecule has 0 saturated carbocycles. The molecule has 76 valence electrons. The number of allylic oxidation sites excluding steroid dienone is 1. The molecular formula is C12H11NO2. The maximum atomic E-state index is 10.7. The highest BCUT2D eigenvalue weighted by Gasteiger charge is 2.10. The number of nitriles is 1. The summed E-state index contributed by atoms with van der Waals surface area (Å²) in [5, 5.41) is 17.4. The number of hydrogen-bond donors (Lipinski definition) is 1. The van der Waals surface area contributed by atoms with Gasteiger partial charge in [0.1, 0.15) is 11.6 Å². The second-order valence-corrected chi connectivity index (χ2v) is 3.23. The fraction of sp³-hybridized carbons (Fsp3) is 0.167. The van der Waals surface area contributed by atoms with E-state index < -0.39 is 5.97 Å². The third-order valence-corrected chi connectivity index (χ3v) is 2.06. The molecule has 1 N–H and O–H groups in total. The van der Waals surface area contributed by atoms with Crippen molar-refractivity contribution in [2.75, 3.05) is 0 Å². The standard InChI is InChI=1S/C12H11NO2/c1-9(11(8-13)12(14)15)7-10-5-3-2-4-6-10/h2-6H,7H2,1H3,(H,14,15)/b11-9-. The lowest BCUT2D eigenvalue weighted by atomic mass is 10.0. The Morgan fingerprint density at radius 2 is 2.00 bits per heavy atom.